The fourth-order valence-corrected chi connectivity index (χ4v) is 3.09. The lowest BCUT2D eigenvalue weighted by Crippen LogP contribution is -2.43. The molecule has 0 aliphatic rings. The molecule has 0 fully saturated rings. The third kappa shape index (κ3) is 6.54. The van der Waals surface area contributed by atoms with Gasteiger partial charge in [-0.05, 0) is 43.7 Å². The first kappa shape index (κ1) is 20.0. The van der Waals surface area contributed by atoms with Gasteiger partial charge < -0.3 is 10.6 Å². The molecule has 5 heteroatoms. The monoisotopic (exact) mass is 355 g/mol. The van der Waals surface area contributed by atoms with E-state index in [4.69, 9.17) is 0 Å². The maximum Gasteiger partial charge on any atom is 0.190 e. The maximum absolute atomic E-state index is 4.50. The van der Waals surface area contributed by atoms with Gasteiger partial charge in [0.25, 0.3) is 0 Å². The van der Waals surface area contributed by atoms with Gasteiger partial charge in [0.05, 0.1) is 5.69 Å². The predicted octanol–water partition coefficient (Wildman–Crippen LogP) is 3.32. The molecule has 0 unspecified atom stereocenters. The standard InChI is InChI=1S/C21H33N5/c1-17-14-18(2)26(25-17)13-9-12-23-20(22-5)24-16-21(3,4)15-19-10-7-6-8-11-19/h6-8,10-11,14H,9,12-13,15-16H2,1-5H3,(H2,22,23,24). The Labute approximate surface area is 157 Å². The maximum atomic E-state index is 4.50. The summed E-state index contributed by atoms with van der Waals surface area (Å²) >= 11 is 0. The van der Waals surface area contributed by atoms with Crippen LogP contribution in [0, 0.1) is 19.3 Å². The summed E-state index contributed by atoms with van der Waals surface area (Å²) in [6.07, 6.45) is 2.05. The summed E-state index contributed by atoms with van der Waals surface area (Å²) in [4.78, 5) is 4.34. The third-order valence-electron chi connectivity index (χ3n) is 4.43. The topological polar surface area (TPSA) is 54.2 Å². The first-order chi connectivity index (χ1) is 12.4. The highest BCUT2D eigenvalue weighted by atomic mass is 15.3. The van der Waals surface area contributed by atoms with Crippen LogP contribution in [0.1, 0.15) is 37.2 Å². The van der Waals surface area contributed by atoms with Crippen LogP contribution in [0.3, 0.4) is 0 Å². The van der Waals surface area contributed by atoms with E-state index < -0.39 is 0 Å². The molecule has 2 rings (SSSR count). The lowest BCUT2D eigenvalue weighted by molar-refractivity contribution is 0.359. The molecule has 5 nitrogen and oxygen atoms in total. The second-order valence-corrected chi connectivity index (χ2v) is 7.68. The van der Waals surface area contributed by atoms with Crippen LogP contribution in [0.4, 0.5) is 0 Å². The largest absolute Gasteiger partial charge is 0.356 e. The first-order valence-electron chi connectivity index (χ1n) is 9.39. The molecule has 2 aromatic rings. The van der Waals surface area contributed by atoms with E-state index in [1.807, 2.05) is 14.0 Å². The zero-order valence-electron chi connectivity index (χ0n) is 16.8. The van der Waals surface area contributed by atoms with Crippen LogP contribution < -0.4 is 10.6 Å². The van der Waals surface area contributed by atoms with E-state index in [1.54, 1.807) is 0 Å². The number of benzene rings is 1. The van der Waals surface area contributed by atoms with Gasteiger partial charge in [-0.1, -0.05) is 44.2 Å². The van der Waals surface area contributed by atoms with Crippen molar-refractivity contribution >= 4 is 5.96 Å². The highest BCUT2D eigenvalue weighted by Gasteiger charge is 2.18. The van der Waals surface area contributed by atoms with Gasteiger partial charge in [-0.2, -0.15) is 5.10 Å². The van der Waals surface area contributed by atoms with Gasteiger partial charge in [-0.15, -0.1) is 0 Å². The Morgan fingerprint density at radius 2 is 1.88 bits per heavy atom. The van der Waals surface area contributed by atoms with E-state index in [1.165, 1.54) is 11.3 Å². The fourth-order valence-electron chi connectivity index (χ4n) is 3.09. The molecule has 1 heterocycles. The van der Waals surface area contributed by atoms with Gasteiger partial charge in [0.15, 0.2) is 5.96 Å². The van der Waals surface area contributed by atoms with Crippen LogP contribution in [0.5, 0.6) is 0 Å². The third-order valence-corrected chi connectivity index (χ3v) is 4.43. The number of hydrogen-bond donors (Lipinski definition) is 2. The van der Waals surface area contributed by atoms with Gasteiger partial charge in [0.2, 0.25) is 0 Å². The van der Waals surface area contributed by atoms with Crippen molar-refractivity contribution < 1.29 is 0 Å². The molecular formula is C21H33N5. The Bertz CT molecular complexity index is 700. The predicted molar refractivity (Wildman–Crippen MR) is 110 cm³/mol. The minimum Gasteiger partial charge on any atom is -0.356 e. The summed E-state index contributed by atoms with van der Waals surface area (Å²) in [5.41, 5.74) is 3.82. The summed E-state index contributed by atoms with van der Waals surface area (Å²) < 4.78 is 2.07. The van der Waals surface area contributed by atoms with Crippen molar-refractivity contribution in [2.75, 3.05) is 20.1 Å². The molecule has 0 saturated heterocycles. The minimum absolute atomic E-state index is 0.155. The smallest absolute Gasteiger partial charge is 0.190 e. The molecule has 0 radical (unpaired) electrons. The van der Waals surface area contributed by atoms with Crippen LogP contribution >= 0.6 is 0 Å². The molecule has 142 valence electrons. The second-order valence-electron chi connectivity index (χ2n) is 7.68. The Morgan fingerprint density at radius 1 is 1.15 bits per heavy atom. The SMILES string of the molecule is CN=C(NCCCn1nc(C)cc1C)NCC(C)(C)Cc1ccccc1. The molecule has 0 bridgehead atoms. The van der Waals surface area contributed by atoms with Crippen LogP contribution in [0.2, 0.25) is 0 Å². The van der Waals surface area contributed by atoms with Crippen molar-refractivity contribution in [3.8, 4) is 0 Å². The number of rotatable bonds is 8. The van der Waals surface area contributed by atoms with Crippen LogP contribution in [0.15, 0.2) is 41.4 Å². The molecule has 1 aromatic carbocycles. The van der Waals surface area contributed by atoms with Gasteiger partial charge in [0.1, 0.15) is 0 Å². The lowest BCUT2D eigenvalue weighted by atomic mass is 9.86. The summed E-state index contributed by atoms with van der Waals surface area (Å²) in [5, 5.41) is 11.4. The molecule has 0 aliphatic carbocycles. The van der Waals surface area contributed by atoms with Crippen LogP contribution in [-0.4, -0.2) is 35.9 Å². The molecule has 1 aromatic heterocycles. The number of aliphatic imine (C=N–C) groups is 1. The molecule has 2 N–H and O–H groups in total. The van der Waals surface area contributed by atoms with Crippen molar-refractivity contribution in [1.82, 2.24) is 20.4 Å². The molecule has 0 amide bonds. The minimum atomic E-state index is 0.155. The highest BCUT2D eigenvalue weighted by Crippen LogP contribution is 2.20. The Hall–Kier alpha value is -2.30. The summed E-state index contributed by atoms with van der Waals surface area (Å²) in [6, 6.07) is 12.8. The zero-order valence-corrected chi connectivity index (χ0v) is 16.8. The van der Waals surface area contributed by atoms with Crippen molar-refractivity contribution in [3.63, 3.8) is 0 Å². The Morgan fingerprint density at radius 3 is 2.50 bits per heavy atom. The summed E-state index contributed by atoms with van der Waals surface area (Å²) in [7, 11) is 1.82. The summed E-state index contributed by atoms with van der Waals surface area (Å²) in [5.74, 6) is 0.861. The van der Waals surface area contributed by atoms with Gasteiger partial charge >= 0.3 is 0 Å². The molecule has 0 spiro atoms. The van der Waals surface area contributed by atoms with Crippen LogP contribution in [-0.2, 0) is 13.0 Å². The first-order valence-corrected chi connectivity index (χ1v) is 9.39. The van der Waals surface area contributed by atoms with Gasteiger partial charge in [-0.3, -0.25) is 9.67 Å². The highest BCUT2D eigenvalue weighted by molar-refractivity contribution is 5.79. The lowest BCUT2D eigenvalue weighted by Gasteiger charge is -2.26. The van der Waals surface area contributed by atoms with Crippen molar-refractivity contribution in [2.24, 2.45) is 10.4 Å². The van der Waals surface area contributed by atoms with Gasteiger partial charge in [-0.25, -0.2) is 0 Å². The van der Waals surface area contributed by atoms with E-state index >= 15 is 0 Å². The van der Waals surface area contributed by atoms with Crippen molar-refractivity contribution in [2.45, 2.75) is 47.1 Å². The molecule has 26 heavy (non-hydrogen) atoms. The Kier molecular flexibility index (Phi) is 7.25. The number of aryl methyl sites for hydroxylation is 3. The van der Waals surface area contributed by atoms with E-state index in [9.17, 15) is 0 Å². The van der Waals surface area contributed by atoms with E-state index in [0.29, 0.717) is 0 Å². The average Bonchev–Trinajstić information content (AvgIpc) is 2.92. The second kappa shape index (κ2) is 9.41. The van der Waals surface area contributed by atoms with Crippen molar-refractivity contribution in [3.05, 3.63) is 53.3 Å². The quantitative estimate of drug-likeness (QED) is 0.434. The van der Waals surface area contributed by atoms with E-state index in [0.717, 1.165) is 44.1 Å². The van der Waals surface area contributed by atoms with Gasteiger partial charge in [0, 0.05) is 32.4 Å². The van der Waals surface area contributed by atoms with E-state index in [-0.39, 0.29) is 5.41 Å². The number of hydrogen-bond acceptors (Lipinski definition) is 2. The Balaban J connectivity index is 1.72. The molecule has 0 atom stereocenters. The summed E-state index contributed by atoms with van der Waals surface area (Å²) in [6.45, 7) is 11.4. The average molecular weight is 356 g/mol. The van der Waals surface area contributed by atoms with Crippen LogP contribution in [0.25, 0.3) is 0 Å². The number of nitrogens with zero attached hydrogens (tertiary/aromatic N) is 3. The number of aromatic nitrogens is 2. The van der Waals surface area contributed by atoms with E-state index in [2.05, 4.69) is 82.6 Å². The van der Waals surface area contributed by atoms with Crippen molar-refractivity contribution in [1.29, 1.82) is 0 Å². The molecular weight excluding hydrogens is 322 g/mol. The number of guanidine groups is 1. The molecule has 0 aliphatic heterocycles. The molecule has 0 saturated carbocycles. The number of nitrogens with one attached hydrogen (secondary N) is 2. The normalized spacial score (nSPS) is 12.3. The fraction of sp³-hybridized carbons (Fsp3) is 0.524. The zero-order chi connectivity index (χ0) is 19.0.